The minimum Gasteiger partial charge on any atom is -0.496 e. The third-order valence-corrected chi connectivity index (χ3v) is 4.92. The second kappa shape index (κ2) is 9.91. The number of nitrogens with one attached hydrogen (secondary N) is 1. The van der Waals surface area contributed by atoms with Crippen molar-refractivity contribution in [1.29, 1.82) is 0 Å². The highest BCUT2D eigenvalue weighted by Crippen LogP contribution is 2.31. The number of hydrogen-bond donors (Lipinski definition) is 1. The molecule has 4 rings (SSSR count). The van der Waals surface area contributed by atoms with E-state index in [2.05, 4.69) is 10.4 Å². The Labute approximate surface area is 192 Å². The van der Waals surface area contributed by atoms with Crippen LogP contribution in [0.3, 0.4) is 0 Å². The van der Waals surface area contributed by atoms with Crippen molar-refractivity contribution in [3.63, 3.8) is 0 Å². The predicted octanol–water partition coefficient (Wildman–Crippen LogP) is 5.54. The van der Waals surface area contributed by atoms with E-state index in [1.165, 1.54) is 0 Å². The highest BCUT2D eigenvalue weighted by molar-refractivity contribution is 6.08. The fourth-order valence-electron chi connectivity index (χ4n) is 3.41. The van der Waals surface area contributed by atoms with Crippen molar-refractivity contribution in [1.82, 2.24) is 9.78 Å². The van der Waals surface area contributed by atoms with Gasteiger partial charge in [0.1, 0.15) is 28.7 Å². The molecule has 0 fully saturated rings. The lowest BCUT2D eigenvalue weighted by Gasteiger charge is -2.10. The number of para-hydroxylation sites is 1. The standard InChI is InChI=1S/C26H25N3O4/c1-4-32-19-13-15-21(16-14-19)33-20-11-9-18(10-12-20)27-26(30)23-17-29(2)28-25(23)22-7-5-6-8-24(22)31-3/h5-17H,4H2,1-3H3,(H,27,30). The first-order valence-corrected chi connectivity index (χ1v) is 10.6. The number of rotatable bonds is 8. The minimum atomic E-state index is -0.260. The lowest BCUT2D eigenvalue weighted by molar-refractivity contribution is 0.102. The van der Waals surface area contributed by atoms with Crippen molar-refractivity contribution >= 4 is 11.6 Å². The van der Waals surface area contributed by atoms with Gasteiger partial charge in [-0.1, -0.05) is 12.1 Å². The van der Waals surface area contributed by atoms with Gasteiger partial charge in [-0.05, 0) is 67.6 Å². The minimum absolute atomic E-state index is 0.260. The van der Waals surface area contributed by atoms with Crippen molar-refractivity contribution in [3.05, 3.63) is 84.6 Å². The van der Waals surface area contributed by atoms with Crippen LogP contribution in [0.25, 0.3) is 11.3 Å². The largest absolute Gasteiger partial charge is 0.496 e. The topological polar surface area (TPSA) is 74.6 Å². The summed E-state index contributed by atoms with van der Waals surface area (Å²) in [6, 6.07) is 22.1. The molecular weight excluding hydrogens is 418 g/mol. The third-order valence-electron chi connectivity index (χ3n) is 4.92. The molecule has 0 spiro atoms. The zero-order chi connectivity index (χ0) is 23.2. The number of methoxy groups -OCH3 is 1. The molecule has 1 aromatic heterocycles. The molecule has 0 unspecified atom stereocenters. The Morgan fingerprint density at radius 3 is 2.24 bits per heavy atom. The number of carbonyl (C=O) groups is 1. The van der Waals surface area contributed by atoms with E-state index >= 15 is 0 Å². The van der Waals surface area contributed by atoms with Gasteiger partial charge in [0.15, 0.2) is 0 Å². The maximum absolute atomic E-state index is 13.0. The molecule has 0 aliphatic rings. The molecule has 0 bridgehead atoms. The smallest absolute Gasteiger partial charge is 0.259 e. The van der Waals surface area contributed by atoms with Crippen LogP contribution in [0.1, 0.15) is 17.3 Å². The summed E-state index contributed by atoms with van der Waals surface area (Å²) >= 11 is 0. The lowest BCUT2D eigenvalue weighted by Crippen LogP contribution is -2.12. The van der Waals surface area contributed by atoms with Gasteiger partial charge in [0.25, 0.3) is 5.91 Å². The first-order valence-electron chi connectivity index (χ1n) is 10.6. The monoisotopic (exact) mass is 443 g/mol. The molecule has 0 aliphatic heterocycles. The van der Waals surface area contributed by atoms with E-state index in [4.69, 9.17) is 14.2 Å². The average molecular weight is 444 g/mol. The van der Waals surface area contributed by atoms with Crippen LogP contribution in [0.2, 0.25) is 0 Å². The Morgan fingerprint density at radius 1 is 0.939 bits per heavy atom. The quantitative estimate of drug-likeness (QED) is 0.387. The van der Waals surface area contributed by atoms with Crippen LogP contribution in [0.4, 0.5) is 5.69 Å². The van der Waals surface area contributed by atoms with Gasteiger partial charge in [0.2, 0.25) is 0 Å². The molecule has 0 aliphatic carbocycles. The second-order valence-corrected chi connectivity index (χ2v) is 7.25. The van der Waals surface area contributed by atoms with Crippen molar-refractivity contribution < 1.29 is 19.0 Å². The highest BCUT2D eigenvalue weighted by Gasteiger charge is 2.20. The molecule has 7 heteroatoms. The fourth-order valence-corrected chi connectivity index (χ4v) is 3.41. The number of hydrogen-bond acceptors (Lipinski definition) is 5. The average Bonchev–Trinajstić information content (AvgIpc) is 3.23. The SMILES string of the molecule is CCOc1ccc(Oc2ccc(NC(=O)c3cn(C)nc3-c3ccccc3OC)cc2)cc1. The highest BCUT2D eigenvalue weighted by atomic mass is 16.5. The molecule has 168 valence electrons. The van der Waals surface area contributed by atoms with Crippen LogP contribution >= 0.6 is 0 Å². The summed E-state index contributed by atoms with van der Waals surface area (Å²) in [5, 5.41) is 7.40. The first kappa shape index (κ1) is 22.0. The number of carbonyl (C=O) groups excluding carboxylic acids is 1. The Kier molecular flexibility index (Phi) is 6.59. The first-order chi connectivity index (χ1) is 16.1. The number of nitrogens with zero attached hydrogens (tertiary/aromatic N) is 2. The van der Waals surface area contributed by atoms with Crippen LogP contribution in [-0.2, 0) is 7.05 Å². The van der Waals surface area contributed by atoms with E-state index in [0.717, 1.165) is 11.3 Å². The Balaban J connectivity index is 1.47. The van der Waals surface area contributed by atoms with Crippen molar-refractivity contribution in [2.75, 3.05) is 19.0 Å². The molecule has 1 amide bonds. The molecule has 3 aromatic carbocycles. The van der Waals surface area contributed by atoms with Crippen LogP contribution in [0.15, 0.2) is 79.0 Å². The predicted molar refractivity (Wildman–Crippen MR) is 127 cm³/mol. The summed E-state index contributed by atoms with van der Waals surface area (Å²) in [6.07, 6.45) is 1.69. The van der Waals surface area contributed by atoms with E-state index < -0.39 is 0 Å². The van der Waals surface area contributed by atoms with Crippen molar-refractivity contribution in [2.45, 2.75) is 6.92 Å². The van der Waals surface area contributed by atoms with Gasteiger partial charge >= 0.3 is 0 Å². The molecule has 0 saturated heterocycles. The van der Waals surface area contributed by atoms with E-state index in [1.807, 2.05) is 55.5 Å². The maximum Gasteiger partial charge on any atom is 0.259 e. The molecule has 7 nitrogen and oxygen atoms in total. The third kappa shape index (κ3) is 5.15. The summed E-state index contributed by atoms with van der Waals surface area (Å²) in [6.45, 7) is 2.56. The number of ether oxygens (including phenoxy) is 3. The number of amides is 1. The van der Waals surface area contributed by atoms with Gasteiger partial charge in [-0.15, -0.1) is 0 Å². The van der Waals surface area contributed by atoms with Gasteiger partial charge in [-0.3, -0.25) is 9.48 Å². The summed E-state index contributed by atoms with van der Waals surface area (Å²) in [7, 11) is 3.38. The Hall–Kier alpha value is -4.26. The molecule has 0 radical (unpaired) electrons. The lowest BCUT2D eigenvalue weighted by atomic mass is 10.1. The number of aromatic nitrogens is 2. The number of benzene rings is 3. The van der Waals surface area contributed by atoms with E-state index in [1.54, 1.807) is 49.3 Å². The fraction of sp³-hybridized carbons (Fsp3) is 0.154. The molecule has 0 atom stereocenters. The maximum atomic E-state index is 13.0. The normalized spacial score (nSPS) is 10.5. The summed E-state index contributed by atoms with van der Waals surface area (Å²) in [4.78, 5) is 13.0. The summed E-state index contributed by atoms with van der Waals surface area (Å²) in [5.41, 5.74) is 2.42. The molecule has 1 heterocycles. The zero-order valence-electron chi connectivity index (χ0n) is 18.7. The van der Waals surface area contributed by atoms with Crippen LogP contribution in [-0.4, -0.2) is 29.4 Å². The zero-order valence-corrected chi connectivity index (χ0v) is 18.7. The van der Waals surface area contributed by atoms with Gasteiger partial charge in [0, 0.05) is 24.5 Å². The molecule has 0 saturated carbocycles. The van der Waals surface area contributed by atoms with Gasteiger partial charge in [-0.2, -0.15) is 5.10 Å². The Bertz CT molecular complexity index is 1230. The van der Waals surface area contributed by atoms with Crippen LogP contribution in [0.5, 0.6) is 23.0 Å². The molecule has 33 heavy (non-hydrogen) atoms. The van der Waals surface area contributed by atoms with Crippen molar-refractivity contribution in [2.24, 2.45) is 7.05 Å². The second-order valence-electron chi connectivity index (χ2n) is 7.25. The van der Waals surface area contributed by atoms with Crippen molar-refractivity contribution in [3.8, 4) is 34.3 Å². The van der Waals surface area contributed by atoms with E-state index in [-0.39, 0.29) is 5.91 Å². The van der Waals surface area contributed by atoms with Crippen LogP contribution < -0.4 is 19.5 Å². The van der Waals surface area contributed by atoms with Gasteiger partial charge in [-0.25, -0.2) is 0 Å². The van der Waals surface area contributed by atoms with Gasteiger partial charge < -0.3 is 19.5 Å². The molecular formula is C26H25N3O4. The van der Waals surface area contributed by atoms with E-state index in [9.17, 15) is 4.79 Å². The Morgan fingerprint density at radius 2 is 1.58 bits per heavy atom. The summed E-state index contributed by atoms with van der Waals surface area (Å²) in [5.74, 6) is 2.55. The number of anilines is 1. The number of aryl methyl sites for hydroxylation is 1. The van der Waals surface area contributed by atoms with Crippen LogP contribution in [0, 0.1) is 0 Å². The van der Waals surface area contributed by atoms with E-state index in [0.29, 0.717) is 40.8 Å². The van der Waals surface area contributed by atoms with Gasteiger partial charge in [0.05, 0.1) is 19.3 Å². The summed E-state index contributed by atoms with van der Waals surface area (Å²) < 4.78 is 18.4. The molecule has 1 N–H and O–H groups in total. The molecule has 4 aromatic rings.